The van der Waals surface area contributed by atoms with E-state index in [0.29, 0.717) is 0 Å². The number of carboxylic acids is 1. The van der Waals surface area contributed by atoms with Crippen LogP contribution < -0.4 is 5.32 Å². The molecule has 0 atom stereocenters. The minimum Gasteiger partial charge on any atom is -0.476 e. The second-order valence-corrected chi connectivity index (χ2v) is 4.70. The molecule has 0 saturated heterocycles. The van der Waals surface area contributed by atoms with Crippen LogP contribution in [0.4, 0.5) is 14.5 Å². The molecule has 0 aliphatic heterocycles. The fourth-order valence-corrected chi connectivity index (χ4v) is 1.78. The van der Waals surface area contributed by atoms with Crippen molar-refractivity contribution in [1.82, 2.24) is 15.0 Å². The lowest BCUT2D eigenvalue weighted by Gasteiger charge is -2.08. The lowest BCUT2D eigenvalue weighted by atomic mass is 10.3. The summed E-state index contributed by atoms with van der Waals surface area (Å²) in [4.78, 5) is 10.6. The second kappa shape index (κ2) is 5.95. The van der Waals surface area contributed by atoms with Crippen molar-refractivity contribution in [2.24, 2.45) is 0 Å². The SMILES string of the molecule is O=C(O)c1cn(CCNc2cc(F)c(Br)cc2F)nn1. The molecule has 0 spiro atoms. The normalized spacial score (nSPS) is 10.6. The van der Waals surface area contributed by atoms with Gasteiger partial charge in [0.15, 0.2) is 5.69 Å². The van der Waals surface area contributed by atoms with Crippen LogP contribution in [0.15, 0.2) is 22.8 Å². The first-order valence-corrected chi connectivity index (χ1v) is 6.28. The molecule has 0 bridgehead atoms. The molecule has 0 aliphatic rings. The summed E-state index contributed by atoms with van der Waals surface area (Å²) in [6.45, 7) is 0.498. The van der Waals surface area contributed by atoms with E-state index in [1.165, 1.54) is 10.9 Å². The van der Waals surface area contributed by atoms with Crippen LogP contribution in [0.25, 0.3) is 0 Å². The van der Waals surface area contributed by atoms with Crippen LogP contribution >= 0.6 is 15.9 Å². The van der Waals surface area contributed by atoms with Gasteiger partial charge in [0.2, 0.25) is 0 Å². The Morgan fingerprint density at radius 3 is 2.80 bits per heavy atom. The monoisotopic (exact) mass is 346 g/mol. The van der Waals surface area contributed by atoms with Crippen LogP contribution in [0.3, 0.4) is 0 Å². The summed E-state index contributed by atoms with van der Waals surface area (Å²) >= 11 is 2.88. The standard InChI is InChI=1S/C11H9BrF2N4O2/c12-6-3-8(14)9(4-7(6)13)15-1-2-18-5-10(11(19)20)16-17-18/h3-5,15H,1-2H2,(H,19,20). The first kappa shape index (κ1) is 14.4. The van der Waals surface area contributed by atoms with Gasteiger partial charge >= 0.3 is 5.97 Å². The molecule has 2 rings (SSSR count). The Kier molecular flexibility index (Phi) is 4.28. The summed E-state index contributed by atoms with van der Waals surface area (Å²) in [5.74, 6) is -2.35. The topological polar surface area (TPSA) is 80.0 Å². The van der Waals surface area contributed by atoms with Gasteiger partial charge in [-0.05, 0) is 22.0 Å². The van der Waals surface area contributed by atoms with Crippen molar-refractivity contribution in [3.8, 4) is 0 Å². The Labute approximate surface area is 120 Å². The predicted octanol–water partition coefficient (Wildman–Crippen LogP) is 2.13. The van der Waals surface area contributed by atoms with E-state index in [1.54, 1.807) is 0 Å². The third-order valence-electron chi connectivity index (χ3n) is 2.42. The number of aromatic nitrogens is 3. The summed E-state index contributed by atoms with van der Waals surface area (Å²) in [7, 11) is 0. The lowest BCUT2D eigenvalue weighted by Crippen LogP contribution is -2.12. The first-order chi connectivity index (χ1) is 9.47. The lowest BCUT2D eigenvalue weighted by molar-refractivity contribution is 0.0690. The highest BCUT2D eigenvalue weighted by atomic mass is 79.9. The van der Waals surface area contributed by atoms with Crippen molar-refractivity contribution in [1.29, 1.82) is 0 Å². The molecule has 1 heterocycles. The molecule has 9 heteroatoms. The highest BCUT2D eigenvalue weighted by Gasteiger charge is 2.09. The Balaban J connectivity index is 1.95. The number of carboxylic acid groups (broad SMARTS) is 1. The Morgan fingerprint density at radius 1 is 1.40 bits per heavy atom. The van der Waals surface area contributed by atoms with Gasteiger partial charge in [-0.2, -0.15) is 0 Å². The number of anilines is 1. The maximum absolute atomic E-state index is 13.5. The third-order valence-corrected chi connectivity index (χ3v) is 3.03. The van der Waals surface area contributed by atoms with Crippen LogP contribution in [0.1, 0.15) is 10.5 Å². The molecule has 2 aromatic rings. The number of halogens is 3. The second-order valence-electron chi connectivity index (χ2n) is 3.84. The van der Waals surface area contributed by atoms with Crippen LogP contribution in [0.5, 0.6) is 0 Å². The van der Waals surface area contributed by atoms with Gasteiger partial charge in [0.1, 0.15) is 11.6 Å². The summed E-state index contributed by atoms with van der Waals surface area (Å²) in [6, 6.07) is 2.05. The molecule has 1 aromatic carbocycles. The van der Waals surface area contributed by atoms with Gasteiger partial charge in [-0.15, -0.1) is 5.10 Å². The smallest absolute Gasteiger partial charge is 0.358 e. The number of hydrogen-bond donors (Lipinski definition) is 2. The summed E-state index contributed by atoms with van der Waals surface area (Å²) < 4.78 is 28.1. The van der Waals surface area contributed by atoms with Gasteiger partial charge < -0.3 is 10.4 Å². The minimum absolute atomic E-state index is 0.0178. The molecule has 0 aliphatic carbocycles. The highest BCUT2D eigenvalue weighted by molar-refractivity contribution is 9.10. The number of rotatable bonds is 5. The summed E-state index contributed by atoms with van der Waals surface area (Å²) in [5.41, 5.74) is -0.157. The number of hydrogen-bond acceptors (Lipinski definition) is 4. The molecule has 6 nitrogen and oxygen atoms in total. The van der Waals surface area contributed by atoms with Gasteiger partial charge in [0, 0.05) is 12.6 Å². The van der Waals surface area contributed by atoms with Gasteiger partial charge in [-0.3, -0.25) is 0 Å². The average Bonchev–Trinajstić information content (AvgIpc) is 2.84. The fraction of sp³-hybridized carbons (Fsp3) is 0.182. The molecule has 0 fully saturated rings. The predicted molar refractivity (Wildman–Crippen MR) is 69.5 cm³/mol. The van der Waals surface area contributed by atoms with E-state index in [-0.39, 0.29) is 28.9 Å². The molecule has 2 N–H and O–H groups in total. The minimum atomic E-state index is -1.18. The van der Waals surface area contributed by atoms with E-state index in [2.05, 4.69) is 31.6 Å². The van der Waals surface area contributed by atoms with Gasteiger partial charge in [-0.1, -0.05) is 5.21 Å². The maximum atomic E-state index is 13.5. The Bertz CT molecular complexity index is 647. The summed E-state index contributed by atoms with van der Waals surface area (Å²) in [6.07, 6.45) is 1.25. The van der Waals surface area contributed by atoms with E-state index >= 15 is 0 Å². The molecule has 0 radical (unpaired) electrons. The largest absolute Gasteiger partial charge is 0.476 e. The van der Waals surface area contributed by atoms with Crippen molar-refractivity contribution >= 4 is 27.6 Å². The molecule has 0 amide bonds. The quantitative estimate of drug-likeness (QED) is 0.810. The van der Waals surface area contributed by atoms with E-state index in [0.717, 1.165) is 12.1 Å². The molecule has 0 saturated carbocycles. The number of carbonyl (C=O) groups is 1. The van der Waals surface area contributed by atoms with E-state index < -0.39 is 17.6 Å². The number of nitrogens with zero attached hydrogens (tertiary/aromatic N) is 3. The highest BCUT2D eigenvalue weighted by Crippen LogP contribution is 2.23. The molecule has 106 valence electrons. The van der Waals surface area contributed by atoms with Crippen molar-refractivity contribution in [2.75, 3.05) is 11.9 Å². The average molecular weight is 347 g/mol. The van der Waals surface area contributed by atoms with Crippen LogP contribution in [-0.2, 0) is 6.54 Å². The van der Waals surface area contributed by atoms with Gasteiger partial charge in [-0.25, -0.2) is 18.3 Å². The maximum Gasteiger partial charge on any atom is 0.358 e. The number of nitrogens with one attached hydrogen (secondary N) is 1. The van der Waals surface area contributed by atoms with E-state index in [9.17, 15) is 13.6 Å². The van der Waals surface area contributed by atoms with Gasteiger partial charge in [0.05, 0.1) is 22.9 Å². The van der Waals surface area contributed by atoms with Crippen LogP contribution in [0, 0.1) is 11.6 Å². The zero-order valence-corrected chi connectivity index (χ0v) is 11.6. The summed E-state index contributed by atoms with van der Waals surface area (Å²) in [5, 5.41) is 18.4. The zero-order chi connectivity index (χ0) is 14.7. The van der Waals surface area contributed by atoms with Crippen LogP contribution in [0.2, 0.25) is 0 Å². The Hall–Kier alpha value is -2.03. The molecule has 20 heavy (non-hydrogen) atoms. The fourth-order valence-electron chi connectivity index (χ4n) is 1.47. The zero-order valence-electron chi connectivity index (χ0n) is 9.98. The van der Waals surface area contributed by atoms with Crippen molar-refractivity contribution < 1.29 is 18.7 Å². The number of aromatic carboxylic acids is 1. The molecule has 1 aromatic heterocycles. The molecular formula is C11H9BrF2N4O2. The number of benzene rings is 1. The van der Waals surface area contributed by atoms with E-state index in [4.69, 9.17) is 5.11 Å². The third kappa shape index (κ3) is 3.29. The van der Waals surface area contributed by atoms with Crippen molar-refractivity contribution in [3.05, 3.63) is 40.1 Å². The van der Waals surface area contributed by atoms with Crippen LogP contribution in [-0.4, -0.2) is 32.6 Å². The Morgan fingerprint density at radius 2 is 2.15 bits per heavy atom. The van der Waals surface area contributed by atoms with Crippen molar-refractivity contribution in [2.45, 2.75) is 6.54 Å². The van der Waals surface area contributed by atoms with Gasteiger partial charge in [0.25, 0.3) is 0 Å². The first-order valence-electron chi connectivity index (χ1n) is 5.49. The molecule has 0 unspecified atom stereocenters. The van der Waals surface area contributed by atoms with Crippen molar-refractivity contribution in [3.63, 3.8) is 0 Å². The molecular weight excluding hydrogens is 338 g/mol. The van der Waals surface area contributed by atoms with E-state index in [1.807, 2.05) is 0 Å².